The highest BCUT2D eigenvalue weighted by Gasteiger charge is 2.19. The fourth-order valence-corrected chi connectivity index (χ4v) is 3.39. The Bertz CT molecular complexity index is 697. The Morgan fingerprint density at radius 2 is 1.62 bits per heavy atom. The van der Waals surface area contributed by atoms with Crippen molar-refractivity contribution >= 4 is 17.5 Å². The van der Waals surface area contributed by atoms with Gasteiger partial charge in [-0.2, -0.15) is 0 Å². The minimum Gasteiger partial charge on any atom is -0.348 e. The molecule has 0 bridgehead atoms. The molecule has 1 saturated heterocycles. The first kappa shape index (κ1) is 18.9. The van der Waals surface area contributed by atoms with Crippen LogP contribution in [0.2, 0.25) is 5.02 Å². The van der Waals surface area contributed by atoms with Crippen molar-refractivity contribution in [2.45, 2.75) is 19.5 Å². The van der Waals surface area contributed by atoms with Crippen LogP contribution >= 0.6 is 11.6 Å². The molecule has 3 rings (SSSR count). The predicted octanol–water partition coefficient (Wildman–Crippen LogP) is 3.34. The molecular formula is C21H26ClN3O. The van der Waals surface area contributed by atoms with Gasteiger partial charge in [-0.25, -0.2) is 0 Å². The smallest absolute Gasteiger partial charge is 0.234 e. The second-order valence-electron chi connectivity index (χ2n) is 6.88. The average Bonchev–Trinajstić information content (AvgIpc) is 2.66. The lowest BCUT2D eigenvalue weighted by Gasteiger charge is -2.34. The summed E-state index contributed by atoms with van der Waals surface area (Å²) in [5.41, 5.74) is 2.41. The van der Waals surface area contributed by atoms with Crippen LogP contribution in [0, 0.1) is 0 Å². The van der Waals surface area contributed by atoms with Crippen LogP contribution in [-0.4, -0.2) is 48.4 Å². The number of piperazine rings is 1. The van der Waals surface area contributed by atoms with Gasteiger partial charge in [0.2, 0.25) is 5.91 Å². The summed E-state index contributed by atoms with van der Waals surface area (Å²) in [7, 11) is 0. The lowest BCUT2D eigenvalue weighted by Crippen LogP contribution is -2.49. The molecule has 2 aromatic rings. The molecule has 4 nitrogen and oxygen atoms in total. The summed E-state index contributed by atoms with van der Waals surface area (Å²) in [6.45, 7) is 7.21. The normalized spacial score (nSPS) is 17.0. The topological polar surface area (TPSA) is 35.6 Å². The van der Waals surface area contributed by atoms with Crippen LogP contribution in [0.15, 0.2) is 54.6 Å². The molecule has 0 aromatic heterocycles. The number of amides is 1. The number of nitrogens with one attached hydrogen (secondary N) is 1. The van der Waals surface area contributed by atoms with Crippen molar-refractivity contribution in [3.05, 3.63) is 70.7 Å². The number of nitrogens with zero attached hydrogens (tertiary/aromatic N) is 2. The second-order valence-corrected chi connectivity index (χ2v) is 7.32. The van der Waals surface area contributed by atoms with Crippen molar-refractivity contribution in [3.8, 4) is 0 Å². The number of hydrogen-bond donors (Lipinski definition) is 1. The molecule has 138 valence electrons. The van der Waals surface area contributed by atoms with E-state index in [4.69, 9.17) is 11.6 Å². The number of carbonyl (C=O) groups excluding carboxylic acids is 1. The summed E-state index contributed by atoms with van der Waals surface area (Å²) in [4.78, 5) is 17.0. The van der Waals surface area contributed by atoms with Gasteiger partial charge in [-0.3, -0.25) is 14.6 Å². The molecule has 5 heteroatoms. The van der Waals surface area contributed by atoms with E-state index in [0.29, 0.717) is 6.54 Å². The molecule has 0 radical (unpaired) electrons. The molecule has 0 spiro atoms. The van der Waals surface area contributed by atoms with Gasteiger partial charge in [-0.1, -0.05) is 54.1 Å². The zero-order valence-electron chi connectivity index (χ0n) is 15.2. The van der Waals surface area contributed by atoms with Crippen molar-refractivity contribution in [3.63, 3.8) is 0 Å². The van der Waals surface area contributed by atoms with Crippen molar-refractivity contribution in [2.75, 3.05) is 32.7 Å². The zero-order valence-corrected chi connectivity index (χ0v) is 16.0. The van der Waals surface area contributed by atoms with Crippen LogP contribution < -0.4 is 5.32 Å². The molecule has 1 unspecified atom stereocenters. The van der Waals surface area contributed by atoms with Gasteiger partial charge in [-0.05, 0) is 30.2 Å². The maximum Gasteiger partial charge on any atom is 0.234 e. The molecule has 0 aliphatic carbocycles. The fraction of sp³-hybridized carbons (Fsp3) is 0.381. The molecule has 1 fully saturated rings. The van der Waals surface area contributed by atoms with Gasteiger partial charge in [0, 0.05) is 37.7 Å². The van der Waals surface area contributed by atoms with E-state index in [0.717, 1.165) is 43.3 Å². The average molecular weight is 372 g/mol. The van der Waals surface area contributed by atoms with Crippen molar-refractivity contribution < 1.29 is 4.79 Å². The summed E-state index contributed by atoms with van der Waals surface area (Å²) < 4.78 is 0. The lowest BCUT2D eigenvalue weighted by atomic mass is 10.1. The molecule has 1 aliphatic heterocycles. The first-order chi connectivity index (χ1) is 12.6. The van der Waals surface area contributed by atoms with E-state index in [1.54, 1.807) is 0 Å². The number of halogens is 1. The van der Waals surface area contributed by atoms with Crippen molar-refractivity contribution in [1.82, 2.24) is 15.1 Å². The van der Waals surface area contributed by atoms with Crippen molar-refractivity contribution in [1.29, 1.82) is 0 Å². The van der Waals surface area contributed by atoms with Crippen molar-refractivity contribution in [2.24, 2.45) is 0 Å². The molecule has 2 aromatic carbocycles. The third-order valence-corrected chi connectivity index (χ3v) is 5.08. The first-order valence-corrected chi connectivity index (χ1v) is 9.51. The van der Waals surface area contributed by atoms with Crippen LogP contribution in [0.4, 0.5) is 0 Å². The summed E-state index contributed by atoms with van der Waals surface area (Å²) in [5.74, 6) is 0.0903. The molecule has 1 N–H and O–H groups in total. The van der Waals surface area contributed by atoms with Crippen LogP contribution in [0.3, 0.4) is 0 Å². The van der Waals surface area contributed by atoms with E-state index in [1.807, 2.05) is 49.4 Å². The van der Waals surface area contributed by atoms with Gasteiger partial charge in [-0.15, -0.1) is 0 Å². The Hall–Kier alpha value is -1.88. The Labute approximate surface area is 160 Å². The third-order valence-electron chi connectivity index (χ3n) is 4.83. The Kier molecular flexibility index (Phi) is 6.67. The van der Waals surface area contributed by atoms with Crippen LogP contribution in [0.1, 0.15) is 24.1 Å². The van der Waals surface area contributed by atoms with E-state index < -0.39 is 0 Å². The number of rotatable bonds is 6. The predicted molar refractivity (Wildman–Crippen MR) is 106 cm³/mol. The highest BCUT2D eigenvalue weighted by Crippen LogP contribution is 2.13. The van der Waals surface area contributed by atoms with Crippen LogP contribution in [-0.2, 0) is 11.3 Å². The Morgan fingerprint density at radius 1 is 1.00 bits per heavy atom. The standard InChI is InChI=1S/C21H26ClN3O/c1-17(19-5-3-2-4-6-19)23-21(26)16-25-13-11-24(12-14-25)15-18-7-9-20(22)10-8-18/h2-10,17H,11-16H2,1H3,(H,23,26). The maximum atomic E-state index is 12.3. The van der Waals surface area contributed by atoms with E-state index in [2.05, 4.69) is 27.2 Å². The molecule has 0 saturated carbocycles. The van der Waals surface area contributed by atoms with E-state index in [-0.39, 0.29) is 11.9 Å². The van der Waals surface area contributed by atoms with Gasteiger partial charge in [0.15, 0.2) is 0 Å². The van der Waals surface area contributed by atoms with Gasteiger partial charge >= 0.3 is 0 Å². The molecule has 1 aliphatic rings. The van der Waals surface area contributed by atoms with E-state index in [9.17, 15) is 4.79 Å². The molecular weight excluding hydrogens is 346 g/mol. The number of carbonyl (C=O) groups is 1. The van der Waals surface area contributed by atoms with E-state index in [1.165, 1.54) is 5.56 Å². The van der Waals surface area contributed by atoms with Gasteiger partial charge in [0.25, 0.3) is 0 Å². The van der Waals surface area contributed by atoms with Gasteiger partial charge < -0.3 is 5.32 Å². The van der Waals surface area contributed by atoms with Crippen LogP contribution in [0.25, 0.3) is 0 Å². The zero-order chi connectivity index (χ0) is 18.4. The molecule has 1 atom stereocenters. The second kappa shape index (κ2) is 9.17. The fourth-order valence-electron chi connectivity index (χ4n) is 3.27. The molecule has 1 heterocycles. The van der Waals surface area contributed by atoms with Crippen LogP contribution in [0.5, 0.6) is 0 Å². The highest BCUT2D eigenvalue weighted by atomic mass is 35.5. The minimum absolute atomic E-state index is 0.0369. The quantitative estimate of drug-likeness (QED) is 0.846. The summed E-state index contributed by atoms with van der Waals surface area (Å²) in [6.07, 6.45) is 0. The van der Waals surface area contributed by atoms with Gasteiger partial charge in [0.1, 0.15) is 0 Å². The summed E-state index contributed by atoms with van der Waals surface area (Å²) >= 11 is 5.94. The highest BCUT2D eigenvalue weighted by molar-refractivity contribution is 6.30. The first-order valence-electron chi connectivity index (χ1n) is 9.13. The molecule has 1 amide bonds. The number of benzene rings is 2. The molecule has 26 heavy (non-hydrogen) atoms. The SMILES string of the molecule is CC(NC(=O)CN1CCN(Cc2ccc(Cl)cc2)CC1)c1ccccc1. The third kappa shape index (κ3) is 5.56. The Balaban J connectivity index is 1.40. The maximum absolute atomic E-state index is 12.3. The summed E-state index contributed by atoms with van der Waals surface area (Å²) in [5, 5.41) is 3.87. The lowest BCUT2D eigenvalue weighted by molar-refractivity contribution is -0.123. The largest absolute Gasteiger partial charge is 0.348 e. The summed E-state index contributed by atoms with van der Waals surface area (Å²) in [6, 6.07) is 18.1. The minimum atomic E-state index is 0.0369. The van der Waals surface area contributed by atoms with E-state index >= 15 is 0 Å². The monoisotopic (exact) mass is 371 g/mol. The van der Waals surface area contributed by atoms with Gasteiger partial charge in [0.05, 0.1) is 12.6 Å². The Morgan fingerprint density at radius 3 is 2.27 bits per heavy atom. The number of hydrogen-bond acceptors (Lipinski definition) is 3.